The van der Waals surface area contributed by atoms with Crippen LogP contribution < -0.4 is 10.6 Å². The Labute approximate surface area is 121 Å². The number of fused-ring (bicyclic) bond motifs is 2. The Hall–Kier alpha value is -1.09. The highest BCUT2D eigenvalue weighted by Crippen LogP contribution is 2.44. The summed E-state index contributed by atoms with van der Waals surface area (Å²) >= 11 is 5.46. The van der Waals surface area contributed by atoms with Gasteiger partial charge in [0.1, 0.15) is 0 Å². The molecule has 0 spiro atoms. The Kier molecular flexibility index (Phi) is 3.48. The molecule has 2 saturated carbocycles. The smallest absolute Gasteiger partial charge is 0.171 e. The number of nitrogens with one attached hydrogen (secondary N) is 2. The van der Waals surface area contributed by atoms with Crippen molar-refractivity contribution in [3.05, 3.63) is 29.3 Å². The van der Waals surface area contributed by atoms with Gasteiger partial charge in [0, 0.05) is 11.7 Å². The van der Waals surface area contributed by atoms with Crippen molar-refractivity contribution in [3.63, 3.8) is 0 Å². The Bertz CT molecular complexity index is 498. The van der Waals surface area contributed by atoms with E-state index < -0.39 is 0 Å². The molecule has 2 aliphatic rings. The lowest BCUT2D eigenvalue weighted by Gasteiger charge is -2.25. The van der Waals surface area contributed by atoms with Gasteiger partial charge < -0.3 is 10.6 Å². The van der Waals surface area contributed by atoms with Crippen molar-refractivity contribution in [3.8, 4) is 0 Å². The van der Waals surface area contributed by atoms with Gasteiger partial charge in [-0.2, -0.15) is 0 Å². The number of hydrogen-bond acceptors (Lipinski definition) is 1. The largest absolute Gasteiger partial charge is 0.359 e. The maximum absolute atomic E-state index is 5.46. The van der Waals surface area contributed by atoms with Crippen LogP contribution in [-0.4, -0.2) is 11.2 Å². The maximum Gasteiger partial charge on any atom is 0.171 e. The molecule has 0 amide bonds. The van der Waals surface area contributed by atoms with E-state index in [-0.39, 0.29) is 0 Å². The van der Waals surface area contributed by atoms with Gasteiger partial charge in [0.25, 0.3) is 0 Å². The van der Waals surface area contributed by atoms with Crippen LogP contribution in [0, 0.1) is 25.7 Å². The number of rotatable bonds is 2. The van der Waals surface area contributed by atoms with Crippen LogP contribution in [-0.2, 0) is 0 Å². The first-order valence-electron chi connectivity index (χ1n) is 7.26. The van der Waals surface area contributed by atoms with Crippen molar-refractivity contribution >= 4 is 23.0 Å². The van der Waals surface area contributed by atoms with Gasteiger partial charge in [-0.15, -0.1) is 0 Å². The van der Waals surface area contributed by atoms with E-state index >= 15 is 0 Å². The van der Waals surface area contributed by atoms with Gasteiger partial charge in [0.2, 0.25) is 0 Å². The summed E-state index contributed by atoms with van der Waals surface area (Å²) in [7, 11) is 0. The second kappa shape index (κ2) is 5.12. The number of benzene rings is 1. The Morgan fingerprint density at radius 1 is 1.21 bits per heavy atom. The van der Waals surface area contributed by atoms with Gasteiger partial charge >= 0.3 is 0 Å². The maximum atomic E-state index is 5.46. The van der Waals surface area contributed by atoms with E-state index in [1.807, 2.05) is 0 Å². The molecule has 3 rings (SSSR count). The average Bonchev–Trinajstić information content (AvgIpc) is 2.95. The van der Waals surface area contributed by atoms with E-state index in [2.05, 4.69) is 42.7 Å². The molecular formula is C16H22N2S. The SMILES string of the molecule is Cc1ccc(NC(=S)N[C@H]2C[C@H]3CC[C@H]2C3)c(C)c1. The molecule has 3 atom stereocenters. The molecule has 0 aliphatic heterocycles. The van der Waals surface area contributed by atoms with Gasteiger partial charge in [0.15, 0.2) is 5.11 Å². The number of anilines is 1. The first kappa shape index (κ1) is 12.9. The van der Waals surface area contributed by atoms with Crippen molar-refractivity contribution in [2.24, 2.45) is 11.8 Å². The average molecular weight is 274 g/mol. The quantitative estimate of drug-likeness (QED) is 0.803. The zero-order valence-corrected chi connectivity index (χ0v) is 12.5. The van der Waals surface area contributed by atoms with Gasteiger partial charge in [-0.1, -0.05) is 24.1 Å². The molecule has 102 valence electrons. The van der Waals surface area contributed by atoms with E-state index in [0.717, 1.165) is 22.6 Å². The Morgan fingerprint density at radius 3 is 2.68 bits per heavy atom. The lowest BCUT2D eigenvalue weighted by atomic mass is 9.95. The molecule has 0 heterocycles. The highest BCUT2D eigenvalue weighted by molar-refractivity contribution is 7.80. The van der Waals surface area contributed by atoms with Crippen LogP contribution in [0.2, 0.25) is 0 Å². The number of hydrogen-bond donors (Lipinski definition) is 2. The Balaban J connectivity index is 1.59. The van der Waals surface area contributed by atoms with Crippen LogP contribution in [0.3, 0.4) is 0 Å². The van der Waals surface area contributed by atoms with E-state index in [1.165, 1.54) is 36.8 Å². The van der Waals surface area contributed by atoms with Crippen LogP contribution in [0.15, 0.2) is 18.2 Å². The first-order chi connectivity index (χ1) is 9.11. The molecule has 0 saturated heterocycles. The van der Waals surface area contributed by atoms with Crippen LogP contribution in [0.4, 0.5) is 5.69 Å². The molecule has 2 fully saturated rings. The highest BCUT2D eigenvalue weighted by Gasteiger charge is 2.39. The fourth-order valence-corrected chi connectivity index (χ4v) is 3.96. The summed E-state index contributed by atoms with van der Waals surface area (Å²) in [5.41, 5.74) is 3.65. The molecule has 2 N–H and O–H groups in total. The first-order valence-corrected chi connectivity index (χ1v) is 7.67. The van der Waals surface area contributed by atoms with Gasteiger partial charge in [-0.25, -0.2) is 0 Å². The lowest BCUT2D eigenvalue weighted by Crippen LogP contribution is -2.40. The van der Waals surface area contributed by atoms with Gasteiger partial charge in [0.05, 0.1) is 0 Å². The summed E-state index contributed by atoms with van der Waals surface area (Å²) in [4.78, 5) is 0. The second-order valence-electron chi connectivity index (χ2n) is 6.20. The van der Waals surface area contributed by atoms with E-state index in [1.54, 1.807) is 0 Å². The summed E-state index contributed by atoms with van der Waals surface area (Å²) in [6.07, 6.45) is 5.53. The van der Waals surface area contributed by atoms with Crippen LogP contribution >= 0.6 is 12.2 Å². The van der Waals surface area contributed by atoms with Crippen molar-refractivity contribution in [2.45, 2.75) is 45.6 Å². The lowest BCUT2D eigenvalue weighted by molar-refractivity contribution is 0.392. The summed E-state index contributed by atoms with van der Waals surface area (Å²) in [6, 6.07) is 7.02. The molecule has 1 aromatic rings. The molecular weight excluding hydrogens is 252 g/mol. The van der Waals surface area contributed by atoms with E-state index in [9.17, 15) is 0 Å². The molecule has 19 heavy (non-hydrogen) atoms. The standard InChI is InChI=1S/C16H22N2S/c1-10-3-6-14(11(2)7-10)17-16(19)18-15-9-12-4-5-13(15)8-12/h3,6-7,12-13,15H,4-5,8-9H2,1-2H3,(H2,17,18,19)/t12-,13-,15-/m0/s1. The summed E-state index contributed by atoms with van der Waals surface area (Å²) in [6.45, 7) is 4.23. The minimum absolute atomic E-state index is 0.601. The second-order valence-corrected chi connectivity index (χ2v) is 6.61. The topological polar surface area (TPSA) is 24.1 Å². The molecule has 2 nitrogen and oxygen atoms in total. The van der Waals surface area contributed by atoms with Crippen LogP contribution in [0.1, 0.15) is 36.8 Å². The number of aryl methyl sites for hydroxylation is 2. The minimum Gasteiger partial charge on any atom is -0.359 e. The van der Waals surface area contributed by atoms with E-state index in [0.29, 0.717) is 6.04 Å². The predicted octanol–water partition coefficient (Wildman–Crippen LogP) is 3.78. The van der Waals surface area contributed by atoms with Crippen molar-refractivity contribution in [2.75, 3.05) is 5.32 Å². The third-order valence-electron chi connectivity index (χ3n) is 4.68. The third-order valence-corrected chi connectivity index (χ3v) is 4.90. The summed E-state index contributed by atoms with van der Waals surface area (Å²) in [5, 5.41) is 7.65. The van der Waals surface area contributed by atoms with Gasteiger partial charge in [-0.3, -0.25) is 0 Å². The predicted molar refractivity (Wildman–Crippen MR) is 84.5 cm³/mol. The van der Waals surface area contributed by atoms with Crippen LogP contribution in [0.5, 0.6) is 0 Å². The highest BCUT2D eigenvalue weighted by atomic mass is 32.1. The van der Waals surface area contributed by atoms with Crippen LogP contribution in [0.25, 0.3) is 0 Å². The fraction of sp³-hybridized carbons (Fsp3) is 0.562. The van der Waals surface area contributed by atoms with Crippen molar-refractivity contribution in [1.82, 2.24) is 5.32 Å². The molecule has 0 unspecified atom stereocenters. The summed E-state index contributed by atoms with van der Waals surface area (Å²) in [5.74, 6) is 1.80. The number of thiocarbonyl (C=S) groups is 1. The molecule has 2 bridgehead atoms. The molecule has 1 aromatic carbocycles. The van der Waals surface area contributed by atoms with E-state index in [4.69, 9.17) is 12.2 Å². The normalized spacial score (nSPS) is 28.4. The zero-order chi connectivity index (χ0) is 13.4. The van der Waals surface area contributed by atoms with Crippen molar-refractivity contribution < 1.29 is 0 Å². The molecule has 0 aromatic heterocycles. The molecule has 3 heteroatoms. The minimum atomic E-state index is 0.601. The van der Waals surface area contributed by atoms with Crippen molar-refractivity contribution in [1.29, 1.82) is 0 Å². The summed E-state index contributed by atoms with van der Waals surface area (Å²) < 4.78 is 0. The third kappa shape index (κ3) is 2.76. The zero-order valence-electron chi connectivity index (χ0n) is 11.7. The monoisotopic (exact) mass is 274 g/mol. The molecule has 2 aliphatic carbocycles. The van der Waals surface area contributed by atoms with Gasteiger partial charge in [-0.05, 0) is 68.8 Å². The molecule has 0 radical (unpaired) electrons. The Morgan fingerprint density at radius 2 is 2.05 bits per heavy atom. The fourth-order valence-electron chi connectivity index (χ4n) is 3.70.